The van der Waals surface area contributed by atoms with E-state index < -0.39 is 0 Å². The van der Waals surface area contributed by atoms with E-state index in [4.69, 9.17) is 0 Å². The van der Waals surface area contributed by atoms with Gasteiger partial charge in [0.1, 0.15) is 0 Å². The Balaban J connectivity index is 1.27. The number of benzene rings is 9. The molecule has 0 aliphatic heterocycles. The van der Waals surface area contributed by atoms with Gasteiger partial charge in [-0.15, -0.1) is 0 Å². The number of fused-ring (bicyclic) bond motifs is 4. The van der Waals surface area contributed by atoms with Gasteiger partial charge < -0.3 is 9.47 Å². The van der Waals surface area contributed by atoms with Crippen molar-refractivity contribution in [2.24, 2.45) is 0 Å². The van der Waals surface area contributed by atoms with E-state index in [-0.39, 0.29) is 0 Å². The van der Waals surface area contributed by atoms with Gasteiger partial charge in [0.25, 0.3) is 0 Å². The number of aromatic nitrogens is 1. The average molecular weight is 689 g/mol. The summed E-state index contributed by atoms with van der Waals surface area (Å²) in [6, 6.07) is 78.9. The summed E-state index contributed by atoms with van der Waals surface area (Å²) in [5.41, 5.74) is 13.9. The summed E-state index contributed by atoms with van der Waals surface area (Å²) < 4.78 is 2.47. The van der Waals surface area contributed by atoms with Crippen LogP contribution in [0.15, 0.2) is 218 Å². The topological polar surface area (TPSA) is 8.17 Å². The zero-order chi connectivity index (χ0) is 35.8. The standard InChI is InChI=1S/C52H36N2/c1-4-17-37(18-5-1)41-33-34-49(46(36-41)42-32-31-38-19-10-11-22-40(38)35-42)54-48-28-15-13-26-45(48)52-50(29-16-30-51(52)54)53(43-23-8-3-9-24-43)47-27-14-12-25-44(47)39-20-6-2-7-21-39/h1-36H. The number of rotatable bonds is 7. The maximum absolute atomic E-state index is 2.47. The molecule has 0 aliphatic rings. The first kappa shape index (κ1) is 31.6. The van der Waals surface area contributed by atoms with Crippen LogP contribution in [-0.2, 0) is 0 Å². The van der Waals surface area contributed by atoms with Gasteiger partial charge in [0.05, 0.1) is 28.1 Å². The third-order valence-corrected chi connectivity index (χ3v) is 10.6. The Morgan fingerprint density at radius 1 is 0.333 bits per heavy atom. The van der Waals surface area contributed by atoms with E-state index in [9.17, 15) is 0 Å². The Morgan fingerprint density at radius 3 is 1.76 bits per heavy atom. The van der Waals surface area contributed by atoms with Crippen molar-refractivity contribution >= 4 is 49.6 Å². The Hall–Kier alpha value is -7.16. The molecule has 0 aliphatic carbocycles. The van der Waals surface area contributed by atoms with Gasteiger partial charge in [-0.2, -0.15) is 0 Å². The zero-order valence-electron chi connectivity index (χ0n) is 29.7. The van der Waals surface area contributed by atoms with E-state index in [0.29, 0.717) is 0 Å². The SMILES string of the molecule is c1ccc(-c2ccc(-n3c4ccccc4c4c(N(c5ccccc5)c5ccccc5-c5ccccc5)cccc43)c(-c3ccc4ccccc4c3)c2)cc1. The molecule has 54 heavy (non-hydrogen) atoms. The lowest BCUT2D eigenvalue weighted by Gasteiger charge is -2.28. The second kappa shape index (κ2) is 13.4. The number of hydrogen-bond acceptors (Lipinski definition) is 1. The van der Waals surface area contributed by atoms with Crippen molar-refractivity contribution in [3.8, 4) is 39.1 Å². The van der Waals surface area contributed by atoms with E-state index in [1.165, 1.54) is 60.4 Å². The fourth-order valence-electron chi connectivity index (χ4n) is 8.09. The summed E-state index contributed by atoms with van der Waals surface area (Å²) in [5.74, 6) is 0. The average Bonchev–Trinajstić information content (AvgIpc) is 3.59. The third kappa shape index (κ3) is 5.44. The minimum absolute atomic E-state index is 1.11. The van der Waals surface area contributed by atoms with Crippen LogP contribution >= 0.6 is 0 Å². The van der Waals surface area contributed by atoms with Crippen molar-refractivity contribution in [3.05, 3.63) is 218 Å². The molecular weight excluding hydrogens is 653 g/mol. The second-order valence-electron chi connectivity index (χ2n) is 13.7. The Labute approximate surface area is 315 Å². The summed E-state index contributed by atoms with van der Waals surface area (Å²) in [4.78, 5) is 2.43. The summed E-state index contributed by atoms with van der Waals surface area (Å²) in [6.07, 6.45) is 0. The van der Waals surface area contributed by atoms with Crippen LogP contribution < -0.4 is 4.90 Å². The molecule has 1 heterocycles. The van der Waals surface area contributed by atoms with Crippen molar-refractivity contribution in [3.63, 3.8) is 0 Å². The van der Waals surface area contributed by atoms with E-state index in [1.54, 1.807) is 0 Å². The van der Waals surface area contributed by atoms with Gasteiger partial charge in [0.2, 0.25) is 0 Å². The maximum Gasteiger partial charge on any atom is 0.0562 e. The molecule has 0 bridgehead atoms. The number of hydrogen-bond donors (Lipinski definition) is 0. The van der Waals surface area contributed by atoms with Gasteiger partial charge >= 0.3 is 0 Å². The summed E-state index contributed by atoms with van der Waals surface area (Å²) in [6.45, 7) is 0. The smallest absolute Gasteiger partial charge is 0.0562 e. The minimum atomic E-state index is 1.11. The van der Waals surface area contributed by atoms with Gasteiger partial charge in [-0.05, 0) is 87.6 Å². The number of anilines is 3. The van der Waals surface area contributed by atoms with E-state index >= 15 is 0 Å². The summed E-state index contributed by atoms with van der Waals surface area (Å²) in [5, 5.41) is 4.88. The highest BCUT2D eigenvalue weighted by molar-refractivity contribution is 6.17. The Morgan fingerprint density at radius 2 is 0.944 bits per heavy atom. The predicted molar refractivity (Wildman–Crippen MR) is 229 cm³/mol. The highest BCUT2D eigenvalue weighted by atomic mass is 15.1. The second-order valence-corrected chi connectivity index (χ2v) is 13.7. The maximum atomic E-state index is 2.47. The van der Waals surface area contributed by atoms with Crippen molar-refractivity contribution < 1.29 is 0 Å². The molecule has 0 saturated heterocycles. The molecule has 0 unspecified atom stereocenters. The summed E-state index contributed by atoms with van der Waals surface area (Å²) in [7, 11) is 0. The molecule has 0 spiro atoms. The molecule has 0 fully saturated rings. The molecule has 2 heteroatoms. The van der Waals surface area contributed by atoms with E-state index in [1.807, 2.05) is 0 Å². The van der Waals surface area contributed by atoms with Crippen LogP contribution in [0, 0.1) is 0 Å². The van der Waals surface area contributed by atoms with E-state index in [0.717, 1.165) is 28.3 Å². The van der Waals surface area contributed by atoms with Crippen molar-refractivity contribution in [1.29, 1.82) is 0 Å². The minimum Gasteiger partial charge on any atom is -0.309 e. The first-order valence-electron chi connectivity index (χ1n) is 18.5. The predicted octanol–water partition coefficient (Wildman–Crippen LogP) is 14.4. The first-order valence-corrected chi connectivity index (χ1v) is 18.5. The van der Waals surface area contributed by atoms with Gasteiger partial charge in [-0.3, -0.25) is 0 Å². The Bertz CT molecular complexity index is 2930. The molecule has 2 nitrogen and oxygen atoms in total. The largest absolute Gasteiger partial charge is 0.309 e. The number of para-hydroxylation sites is 3. The number of nitrogens with zero attached hydrogens (tertiary/aromatic N) is 2. The fourth-order valence-corrected chi connectivity index (χ4v) is 8.09. The molecule has 0 atom stereocenters. The van der Waals surface area contributed by atoms with Crippen molar-refractivity contribution in [2.75, 3.05) is 4.90 Å². The molecule has 10 rings (SSSR count). The van der Waals surface area contributed by atoms with Crippen LogP contribution in [-0.4, -0.2) is 4.57 Å². The molecule has 0 radical (unpaired) electrons. The van der Waals surface area contributed by atoms with Gasteiger partial charge in [0, 0.05) is 27.6 Å². The lowest BCUT2D eigenvalue weighted by Crippen LogP contribution is -2.11. The van der Waals surface area contributed by atoms with Crippen LogP contribution in [0.3, 0.4) is 0 Å². The highest BCUT2D eigenvalue weighted by Crippen LogP contribution is 2.47. The quantitative estimate of drug-likeness (QED) is 0.162. The van der Waals surface area contributed by atoms with Crippen LogP contribution in [0.25, 0.3) is 71.6 Å². The Kier molecular flexibility index (Phi) is 7.85. The zero-order valence-corrected chi connectivity index (χ0v) is 29.7. The van der Waals surface area contributed by atoms with E-state index in [2.05, 4.69) is 228 Å². The van der Waals surface area contributed by atoms with Crippen LogP contribution in [0.5, 0.6) is 0 Å². The normalized spacial score (nSPS) is 11.3. The van der Waals surface area contributed by atoms with Crippen molar-refractivity contribution in [1.82, 2.24) is 4.57 Å². The fraction of sp³-hybridized carbons (Fsp3) is 0. The van der Waals surface area contributed by atoms with Crippen LogP contribution in [0.1, 0.15) is 0 Å². The van der Waals surface area contributed by atoms with Gasteiger partial charge in [-0.1, -0.05) is 164 Å². The lowest BCUT2D eigenvalue weighted by molar-refractivity contribution is 1.18. The highest BCUT2D eigenvalue weighted by Gasteiger charge is 2.24. The summed E-state index contributed by atoms with van der Waals surface area (Å²) >= 11 is 0. The molecule has 9 aromatic carbocycles. The molecule has 0 N–H and O–H groups in total. The lowest BCUT2D eigenvalue weighted by atomic mass is 9.95. The van der Waals surface area contributed by atoms with Gasteiger partial charge in [0.15, 0.2) is 0 Å². The third-order valence-electron chi connectivity index (χ3n) is 10.6. The molecular formula is C52H36N2. The van der Waals surface area contributed by atoms with Gasteiger partial charge in [-0.25, -0.2) is 0 Å². The molecule has 1 aromatic heterocycles. The molecule has 10 aromatic rings. The van der Waals surface area contributed by atoms with Crippen molar-refractivity contribution in [2.45, 2.75) is 0 Å². The first-order chi connectivity index (χ1) is 26.8. The molecule has 254 valence electrons. The monoisotopic (exact) mass is 688 g/mol. The molecule has 0 saturated carbocycles. The molecule has 0 amide bonds. The van der Waals surface area contributed by atoms with Crippen LogP contribution in [0.4, 0.5) is 17.1 Å². The van der Waals surface area contributed by atoms with Crippen LogP contribution in [0.2, 0.25) is 0 Å².